The van der Waals surface area contributed by atoms with Crippen molar-refractivity contribution in [3.8, 4) is 0 Å². The molecular formula is C15H18N2. The largest absolute Gasteiger partial charge is 0.309 e. The van der Waals surface area contributed by atoms with Gasteiger partial charge in [-0.25, -0.2) is 0 Å². The number of hydrogen-bond donors (Lipinski definition) is 1. The highest BCUT2D eigenvalue weighted by Gasteiger charge is 1.96. The zero-order valence-corrected chi connectivity index (χ0v) is 10.4. The quantitative estimate of drug-likeness (QED) is 0.867. The summed E-state index contributed by atoms with van der Waals surface area (Å²) in [5, 5.41) is 3.44. The summed E-state index contributed by atoms with van der Waals surface area (Å²) in [6.07, 6.45) is 3.65. The summed E-state index contributed by atoms with van der Waals surface area (Å²) >= 11 is 0. The second kappa shape index (κ2) is 5.60. The molecule has 0 aliphatic rings. The topological polar surface area (TPSA) is 24.9 Å². The van der Waals surface area contributed by atoms with Gasteiger partial charge in [0.25, 0.3) is 0 Å². The van der Waals surface area contributed by atoms with Crippen molar-refractivity contribution in [3.05, 3.63) is 65.0 Å². The van der Waals surface area contributed by atoms with Crippen molar-refractivity contribution < 1.29 is 0 Å². The predicted molar refractivity (Wildman–Crippen MR) is 70.7 cm³/mol. The van der Waals surface area contributed by atoms with Gasteiger partial charge in [-0.3, -0.25) is 4.98 Å². The molecule has 0 saturated heterocycles. The minimum absolute atomic E-state index is 0.884. The molecule has 0 aliphatic carbocycles. The molecule has 17 heavy (non-hydrogen) atoms. The van der Waals surface area contributed by atoms with Gasteiger partial charge in [0.15, 0.2) is 0 Å². The third-order valence-electron chi connectivity index (χ3n) is 2.98. The maximum absolute atomic E-state index is 4.01. The molecule has 2 aromatic rings. The number of hydrogen-bond acceptors (Lipinski definition) is 2. The van der Waals surface area contributed by atoms with E-state index in [0.29, 0.717) is 0 Å². The van der Waals surface area contributed by atoms with E-state index >= 15 is 0 Å². The van der Waals surface area contributed by atoms with Gasteiger partial charge < -0.3 is 5.32 Å². The van der Waals surface area contributed by atoms with Crippen LogP contribution in [0.15, 0.2) is 42.7 Å². The molecule has 0 fully saturated rings. The molecule has 0 bridgehead atoms. The van der Waals surface area contributed by atoms with Crippen LogP contribution in [0.1, 0.15) is 22.3 Å². The lowest BCUT2D eigenvalue weighted by Gasteiger charge is -2.07. The highest BCUT2D eigenvalue weighted by Crippen LogP contribution is 2.09. The van der Waals surface area contributed by atoms with E-state index in [-0.39, 0.29) is 0 Å². The highest BCUT2D eigenvalue weighted by atomic mass is 14.8. The number of rotatable bonds is 4. The van der Waals surface area contributed by atoms with Crippen LogP contribution < -0.4 is 5.32 Å². The van der Waals surface area contributed by atoms with Crippen LogP contribution >= 0.6 is 0 Å². The SMILES string of the molecule is Cc1ccc(CNCc2ccncc2)cc1C. The lowest BCUT2D eigenvalue weighted by Crippen LogP contribution is -2.12. The number of aryl methyl sites for hydroxylation is 2. The molecule has 1 heterocycles. The molecule has 88 valence electrons. The van der Waals surface area contributed by atoms with Crippen LogP contribution in [0.2, 0.25) is 0 Å². The van der Waals surface area contributed by atoms with E-state index in [1.54, 1.807) is 0 Å². The minimum Gasteiger partial charge on any atom is -0.309 e. The average Bonchev–Trinajstić information content (AvgIpc) is 2.35. The first kappa shape index (κ1) is 11.8. The summed E-state index contributed by atoms with van der Waals surface area (Å²) in [5.74, 6) is 0. The van der Waals surface area contributed by atoms with Crippen LogP contribution in [-0.4, -0.2) is 4.98 Å². The van der Waals surface area contributed by atoms with E-state index < -0.39 is 0 Å². The maximum Gasteiger partial charge on any atom is 0.0271 e. The van der Waals surface area contributed by atoms with Crippen molar-refractivity contribution >= 4 is 0 Å². The Morgan fingerprint density at radius 2 is 1.59 bits per heavy atom. The van der Waals surface area contributed by atoms with Crippen LogP contribution in [0.4, 0.5) is 0 Å². The van der Waals surface area contributed by atoms with Crippen molar-refractivity contribution in [2.24, 2.45) is 0 Å². The van der Waals surface area contributed by atoms with Crippen molar-refractivity contribution in [1.82, 2.24) is 10.3 Å². The second-order valence-corrected chi connectivity index (χ2v) is 4.38. The van der Waals surface area contributed by atoms with Gasteiger partial charge in [-0.1, -0.05) is 18.2 Å². The van der Waals surface area contributed by atoms with E-state index in [4.69, 9.17) is 0 Å². The van der Waals surface area contributed by atoms with Crippen LogP contribution in [0.25, 0.3) is 0 Å². The Kier molecular flexibility index (Phi) is 3.89. The number of nitrogens with one attached hydrogen (secondary N) is 1. The molecular weight excluding hydrogens is 208 g/mol. The summed E-state index contributed by atoms with van der Waals surface area (Å²) in [7, 11) is 0. The van der Waals surface area contributed by atoms with E-state index in [1.165, 1.54) is 22.3 Å². The van der Waals surface area contributed by atoms with Crippen LogP contribution in [0.5, 0.6) is 0 Å². The molecule has 0 radical (unpaired) electrons. The molecule has 0 unspecified atom stereocenters. The Hall–Kier alpha value is -1.67. The first-order valence-corrected chi connectivity index (χ1v) is 5.91. The molecule has 2 heteroatoms. The first-order chi connectivity index (χ1) is 8.25. The van der Waals surface area contributed by atoms with Crippen molar-refractivity contribution in [1.29, 1.82) is 0 Å². The van der Waals surface area contributed by atoms with Crippen LogP contribution in [0, 0.1) is 13.8 Å². The molecule has 2 nitrogen and oxygen atoms in total. The molecule has 1 aromatic heterocycles. The fraction of sp³-hybridized carbons (Fsp3) is 0.267. The van der Waals surface area contributed by atoms with Gasteiger partial charge in [0.05, 0.1) is 0 Å². The maximum atomic E-state index is 4.01. The van der Waals surface area contributed by atoms with Gasteiger partial charge in [-0.2, -0.15) is 0 Å². The zero-order valence-electron chi connectivity index (χ0n) is 10.4. The van der Waals surface area contributed by atoms with E-state index in [2.05, 4.69) is 42.3 Å². The van der Waals surface area contributed by atoms with Crippen molar-refractivity contribution in [2.75, 3.05) is 0 Å². The Morgan fingerprint density at radius 3 is 2.29 bits per heavy atom. The van der Waals surface area contributed by atoms with Gasteiger partial charge >= 0.3 is 0 Å². The van der Waals surface area contributed by atoms with Crippen molar-refractivity contribution in [2.45, 2.75) is 26.9 Å². The minimum atomic E-state index is 0.884. The Labute approximate surface area is 103 Å². The van der Waals surface area contributed by atoms with E-state index in [1.807, 2.05) is 24.5 Å². The van der Waals surface area contributed by atoms with Gasteiger partial charge in [0.2, 0.25) is 0 Å². The molecule has 0 aliphatic heterocycles. The summed E-state index contributed by atoms with van der Waals surface area (Å²) in [6, 6.07) is 10.7. The third kappa shape index (κ3) is 3.40. The standard InChI is InChI=1S/C15H18N2/c1-12-3-4-15(9-13(12)2)11-17-10-14-5-7-16-8-6-14/h3-9,17H,10-11H2,1-2H3. The Balaban J connectivity index is 1.88. The zero-order chi connectivity index (χ0) is 12.1. The number of aromatic nitrogens is 1. The highest BCUT2D eigenvalue weighted by molar-refractivity contribution is 5.29. The summed E-state index contributed by atoms with van der Waals surface area (Å²) in [5.41, 5.74) is 5.31. The fourth-order valence-corrected chi connectivity index (χ4v) is 1.77. The second-order valence-electron chi connectivity index (χ2n) is 4.38. The molecule has 0 atom stereocenters. The summed E-state index contributed by atoms with van der Waals surface area (Å²) < 4.78 is 0. The molecule has 1 aromatic carbocycles. The number of pyridine rings is 1. The molecule has 1 N–H and O–H groups in total. The monoisotopic (exact) mass is 226 g/mol. The fourth-order valence-electron chi connectivity index (χ4n) is 1.77. The summed E-state index contributed by atoms with van der Waals surface area (Å²) in [4.78, 5) is 4.01. The van der Waals surface area contributed by atoms with Gasteiger partial charge in [-0.15, -0.1) is 0 Å². The number of nitrogens with zero attached hydrogens (tertiary/aromatic N) is 1. The Morgan fingerprint density at radius 1 is 0.882 bits per heavy atom. The lowest BCUT2D eigenvalue weighted by atomic mass is 10.1. The van der Waals surface area contributed by atoms with Gasteiger partial charge in [0.1, 0.15) is 0 Å². The molecule has 0 spiro atoms. The van der Waals surface area contributed by atoms with E-state index in [0.717, 1.165) is 13.1 Å². The smallest absolute Gasteiger partial charge is 0.0271 e. The molecule has 0 amide bonds. The van der Waals surface area contributed by atoms with Crippen LogP contribution in [0.3, 0.4) is 0 Å². The van der Waals surface area contributed by atoms with Crippen LogP contribution in [-0.2, 0) is 13.1 Å². The van der Waals surface area contributed by atoms with E-state index in [9.17, 15) is 0 Å². The van der Waals surface area contributed by atoms with Gasteiger partial charge in [-0.05, 0) is 48.2 Å². The summed E-state index contributed by atoms with van der Waals surface area (Å²) in [6.45, 7) is 6.09. The Bertz CT molecular complexity index is 478. The number of benzene rings is 1. The average molecular weight is 226 g/mol. The van der Waals surface area contributed by atoms with Gasteiger partial charge in [0, 0.05) is 25.5 Å². The van der Waals surface area contributed by atoms with Crippen molar-refractivity contribution in [3.63, 3.8) is 0 Å². The molecule has 0 saturated carbocycles. The molecule has 2 rings (SSSR count). The predicted octanol–water partition coefficient (Wildman–Crippen LogP) is 2.99. The first-order valence-electron chi connectivity index (χ1n) is 5.91. The lowest BCUT2D eigenvalue weighted by molar-refractivity contribution is 0.692. The normalized spacial score (nSPS) is 10.5. The third-order valence-corrected chi connectivity index (χ3v) is 2.98.